The molecule has 0 aliphatic rings. The number of hydrogen-bond donors (Lipinski definition) is 0. The highest BCUT2D eigenvalue weighted by molar-refractivity contribution is 6.01. The molecule has 3 rings (SSSR count). The molecule has 0 amide bonds. The molecule has 160 valence electrons. The Labute approximate surface area is 183 Å². The summed E-state index contributed by atoms with van der Waals surface area (Å²) in [4.78, 5) is 16.5. The van der Waals surface area contributed by atoms with Crippen LogP contribution in [0.1, 0.15) is 24.5 Å². The Morgan fingerprint density at radius 1 is 0.871 bits per heavy atom. The van der Waals surface area contributed by atoms with E-state index in [1.807, 2.05) is 73.7 Å². The largest absolute Gasteiger partial charge is 0.487 e. The molecule has 0 spiro atoms. The fourth-order valence-electron chi connectivity index (χ4n) is 3.14. The average molecular weight is 418 g/mol. The quantitative estimate of drug-likeness (QED) is 0.256. The fourth-order valence-corrected chi connectivity index (χ4v) is 3.14. The number of aryl methyl sites for hydroxylation is 1. The van der Waals surface area contributed by atoms with Gasteiger partial charge in [0, 0.05) is 12.0 Å². The number of rotatable bonds is 10. The summed E-state index contributed by atoms with van der Waals surface area (Å²) in [6.45, 7) is 2.55. The third-order valence-electron chi connectivity index (χ3n) is 4.75. The lowest BCUT2D eigenvalue weighted by atomic mass is 10.0. The molecule has 0 unspecified atom stereocenters. The number of carbonyl (C=O) groups is 1. The molecule has 0 N–H and O–H groups in total. The van der Waals surface area contributed by atoms with Crippen LogP contribution in [0.3, 0.4) is 0 Å². The molecular formula is C26H27NO4. The molecule has 0 atom stereocenters. The van der Waals surface area contributed by atoms with Gasteiger partial charge in [-0.05, 0) is 42.2 Å². The molecule has 0 fully saturated rings. The van der Waals surface area contributed by atoms with E-state index in [4.69, 9.17) is 14.3 Å². The van der Waals surface area contributed by atoms with Crippen LogP contribution in [0.25, 0.3) is 11.1 Å². The van der Waals surface area contributed by atoms with Crippen LogP contribution >= 0.6 is 0 Å². The van der Waals surface area contributed by atoms with Crippen LogP contribution in [0.5, 0.6) is 5.75 Å². The third-order valence-corrected chi connectivity index (χ3v) is 4.75. The Morgan fingerprint density at radius 2 is 1.52 bits per heavy atom. The summed E-state index contributed by atoms with van der Waals surface area (Å²) in [5.41, 5.74) is 5.01. The lowest BCUT2D eigenvalue weighted by molar-refractivity contribution is -0.143. The fraction of sp³-hybridized carbons (Fsp3) is 0.231. The van der Waals surface area contributed by atoms with Crippen LogP contribution in [-0.2, 0) is 20.8 Å². The molecule has 3 aromatic carbocycles. The summed E-state index contributed by atoms with van der Waals surface area (Å²) in [6.07, 6.45) is 1.08. The first-order valence-corrected chi connectivity index (χ1v) is 10.3. The van der Waals surface area contributed by atoms with Gasteiger partial charge >= 0.3 is 5.97 Å². The van der Waals surface area contributed by atoms with E-state index in [0.717, 1.165) is 33.7 Å². The molecule has 0 aromatic heterocycles. The maximum atomic E-state index is 11.5. The molecule has 0 saturated carbocycles. The van der Waals surface area contributed by atoms with Crippen molar-refractivity contribution in [1.29, 1.82) is 0 Å². The minimum atomic E-state index is -0.159. The Balaban J connectivity index is 1.58. The summed E-state index contributed by atoms with van der Waals surface area (Å²) in [6, 6.07) is 26.0. The first-order valence-electron chi connectivity index (χ1n) is 10.3. The van der Waals surface area contributed by atoms with Crippen molar-refractivity contribution in [3.63, 3.8) is 0 Å². The molecule has 0 heterocycles. The topological polar surface area (TPSA) is 57.1 Å². The Kier molecular flexibility index (Phi) is 8.23. The van der Waals surface area contributed by atoms with Gasteiger partial charge in [0.1, 0.15) is 25.2 Å². The van der Waals surface area contributed by atoms with Gasteiger partial charge < -0.3 is 14.3 Å². The van der Waals surface area contributed by atoms with Crippen molar-refractivity contribution < 1.29 is 19.1 Å². The molecule has 0 aliphatic heterocycles. The molecule has 0 radical (unpaired) electrons. The second kappa shape index (κ2) is 11.6. The van der Waals surface area contributed by atoms with Crippen molar-refractivity contribution >= 4 is 11.7 Å². The highest BCUT2D eigenvalue weighted by Crippen LogP contribution is 2.23. The van der Waals surface area contributed by atoms with Crippen LogP contribution in [0.15, 0.2) is 84.0 Å². The van der Waals surface area contributed by atoms with E-state index in [9.17, 15) is 4.79 Å². The maximum absolute atomic E-state index is 11.5. The number of benzene rings is 3. The van der Waals surface area contributed by atoms with Gasteiger partial charge in [0.05, 0.1) is 6.61 Å². The molecule has 0 bridgehead atoms. The first-order chi connectivity index (χ1) is 15.2. The number of esters is 1. The third kappa shape index (κ3) is 6.71. The first kappa shape index (κ1) is 22.1. The summed E-state index contributed by atoms with van der Waals surface area (Å²) < 4.78 is 10.9. The molecule has 0 saturated heterocycles. The summed E-state index contributed by atoms with van der Waals surface area (Å²) in [5.74, 6) is 0.600. The van der Waals surface area contributed by atoms with Gasteiger partial charge in [0.15, 0.2) is 0 Å². The van der Waals surface area contributed by atoms with Crippen molar-refractivity contribution in [3.8, 4) is 16.9 Å². The highest BCUT2D eigenvalue weighted by Gasteiger charge is 2.07. The summed E-state index contributed by atoms with van der Waals surface area (Å²) in [5, 5.41) is 4.08. The molecule has 5 nitrogen and oxygen atoms in total. The Bertz CT molecular complexity index is 980. The average Bonchev–Trinajstić information content (AvgIpc) is 2.82. The number of hydrogen-bond acceptors (Lipinski definition) is 5. The van der Waals surface area contributed by atoms with Crippen molar-refractivity contribution in [2.75, 3.05) is 20.3 Å². The zero-order valence-electron chi connectivity index (χ0n) is 17.9. The Morgan fingerprint density at radius 3 is 2.13 bits per heavy atom. The monoisotopic (exact) mass is 417 g/mol. The SMILES string of the molecule is CCOC(=O)CCc1ccc(-c2ccc(OCC(=NOC)c3ccccc3)cc2)cc1. The second-order valence-electron chi connectivity index (χ2n) is 6.90. The van der Waals surface area contributed by atoms with Gasteiger partial charge in [-0.1, -0.05) is 71.9 Å². The zero-order valence-corrected chi connectivity index (χ0v) is 17.9. The maximum Gasteiger partial charge on any atom is 0.306 e. The van der Waals surface area contributed by atoms with E-state index in [1.165, 1.54) is 7.11 Å². The van der Waals surface area contributed by atoms with Gasteiger partial charge in [-0.2, -0.15) is 0 Å². The predicted octanol–water partition coefficient (Wildman–Crippen LogP) is 5.28. The van der Waals surface area contributed by atoms with Gasteiger partial charge in [-0.15, -0.1) is 0 Å². The second-order valence-corrected chi connectivity index (χ2v) is 6.90. The van der Waals surface area contributed by atoms with Crippen LogP contribution < -0.4 is 4.74 Å². The van der Waals surface area contributed by atoms with Crippen molar-refractivity contribution in [3.05, 3.63) is 90.0 Å². The Hall–Kier alpha value is -3.60. The lowest BCUT2D eigenvalue weighted by Crippen LogP contribution is -2.13. The van der Waals surface area contributed by atoms with E-state index in [2.05, 4.69) is 17.3 Å². The molecule has 5 heteroatoms. The molecule has 31 heavy (non-hydrogen) atoms. The highest BCUT2D eigenvalue weighted by atomic mass is 16.6. The van der Waals surface area contributed by atoms with E-state index in [-0.39, 0.29) is 5.97 Å². The van der Waals surface area contributed by atoms with Crippen molar-refractivity contribution in [2.45, 2.75) is 19.8 Å². The minimum absolute atomic E-state index is 0.159. The lowest BCUT2D eigenvalue weighted by Gasteiger charge is -2.10. The number of nitrogens with zero attached hydrogens (tertiary/aromatic N) is 1. The van der Waals surface area contributed by atoms with Crippen molar-refractivity contribution in [2.24, 2.45) is 5.16 Å². The molecule has 0 aliphatic carbocycles. The van der Waals surface area contributed by atoms with Gasteiger partial charge in [-0.3, -0.25) is 4.79 Å². The molecule has 3 aromatic rings. The number of oxime groups is 1. The minimum Gasteiger partial charge on any atom is -0.487 e. The van der Waals surface area contributed by atoms with Crippen molar-refractivity contribution in [1.82, 2.24) is 0 Å². The van der Waals surface area contributed by atoms with E-state index in [0.29, 0.717) is 26.1 Å². The smallest absolute Gasteiger partial charge is 0.306 e. The number of ether oxygens (including phenoxy) is 2. The zero-order chi connectivity index (χ0) is 21.9. The van der Waals surface area contributed by atoms with E-state index in [1.54, 1.807) is 0 Å². The van der Waals surface area contributed by atoms with Crippen LogP contribution in [-0.4, -0.2) is 32.0 Å². The number of carbonyl (C=O) groups excluding carboxylic acids is 1. The standard InChI is InChI=1S/C26H27NO4/c1-3-30-26(28)18-11-20-9-12-21(13-10-20)22-14-16-24(17-15-22)31-19-25(27-29-2)23-7-5-4-6-8-23/h4-10,12-17H,3,11,18-19H2,1-2H3. The van der Waals surface area contributed by atoms with E-state index >= 15 is 0 Å². The van der Waals surface area contributed by atoms with Gasteiger partial charge in [-0.25, -0.2) is 0 Å². The van der Waals surface area contributed by atoms with Gasteiger partial charge in [0.2, 0.25) is 0 Å². The summed E-state index contributed by atoms with van der Waals surface area (Å²) >= 11 is 0. The van der Waals surface area contributed by atoms with Gasteiger partial charge in [0.25, 0.3) is 0 Å². The van der Waals surface area contributed by atoms with Crippen LogP contribution in [0.4, 0.5) is 0 Å². The normalized spacial score (nSPS) is 11.1. The van der Waals surface area contributed by atoms with Crippen LogP contribution in [0.2, 0.25) is 0 Å². The van der Waals surface area contributed by atoms with Crippen LogP contribution in [0, 0.1) is 0 Å². The predicted molar refractivity (Wildman–Crippen MR) is 122 cm³/mol. The van der Waals surface area contributed by atoms with E-state index < -0.39 is 0 Å². The molecular weight excluding hydrogens is 390 g/mol. The summed E-state index contributed by atoms with van der Waals surface area (Å²) in [7, 11) is 1.53.